The van der Waals surface area contributed by atoms with Crippen molar-refractivity contribution < 1.29 is 13.2 Å². The highest BCUT2D eigenvalue weighted by molar-refractivity contribution is 7.92. The van der Waals surface area contributed by atoms with Crippen LogP contribution in [0.4, 0.5) is 0 Å². The molecule has 2 fully saturated rings. The Morgan fingerprint density at radius 1 is 1.23 bits per heavy atom. The van der Waals surface area contributed by atoms with Crippen molar-refractivity contribution in [1.82, 2.24) is 10.2 Å². The lowest BCUT2D eigenvalue weighted by Crippen LogP contribution is -2.57. The highest BCUT2D eigenvalue weighted by atomic mass is 32.2. The third-order valence-electron chi connectivity index (χ3n) is 5.89. The number of ether oxygens (including phenoxy) is 1. The summed E-state index contributed by atoms with van der Waals surface area (Å²) in [4.78, 5) is 7.09. The first-order valence-corrected chi connectivity index (χ1v) is 11.7. The number of sulfone groups is 1. The number of nitrogens with one attached hydrogen (secondary N) is 1. The smallest absolute Gasteiger partial charge is 0.194 e. The molecule has 1 saturated carbocycles. The molecule has 1 heterocycles. The van der Waals surface area contributed by atoms with E-state index in [1.165, 1.54) is 25.7 Å². The van der Waals surface area contributed by atoms with E-state index in [4.69, 9.17) is 9.73 Å². The third kappa shape index (κ3) is 5.12. The molecular formula is C19H37N3O3S. The standard InChI is InChI=1S/C19H37N3O3S/c1-5-20-17(22-12-14-26(23,24)18(3,4)16-22)21-15-19(9-7-8-10-19)11-13-25-6-2/h5-16H2,1-4H3,(H,20,21). The van der Waals surface area contributed by atoms with Gasteiger partial charge in [0.25, 0.3) is 0 Å². The lowest BCUT2D eigenvalue weighted by molar-refractivity contribution is 0.107. The average molecular weight is 388 g/mol. The van der Waals surface area contributed by atoms with Gasteiger partial charge in [-0.25, -0.2) is 8.42 Å². The van der Waals surface area contributed by atoms with E-state index in [9.17, 15) is 8.42 Å². The number of aliphatic imine (C=N–C) groups is 1. The molecule has 0 unspecified atom stereocenters. The first-order chi connectivity index (χ1) is 12.3. The molecule has 7 heteroatoms. The largest absolute Gasteiger partial charge is 0.382 e. The minimum Gasteiger partial charge on any atom is -0.382 e. The number of nitrogens with zero attached hydrogens (tertiary/aromatic N) is 2. The summed E-state index contributed by atoms with van der Waals surface area (Å²) in [6.45, 7) is 11.9. The van der Waals surface area contributed by atoms with Gasteiger partial charge in [0, 0.05) is 39.4 Å². The monoisotopic (exact) mass is 387 g/mol. The fourth-order valence-electron chi connectivity index (χ4n) is 4.04. The van der Waals surface area contributed by atoms with Crippen LogP contribution in [0.5, 0.6) is 0 Å². The number of hydrogen-bond acceptors (Lipinski definition) is 4. The number of guanidine groups is 1. The molecule has 1 N–H and O–H groups in total. The first kappa shape index (κ1) is 21.5. The maximum atomic E-state index is 12.3. The Hall–Kier alpha value is -0.820. The Labute approximate surface area is 159 Å². The van der Waals surface area contributed by atoms with Crippen molar-refractivity contribution in [1.29, 1.82) is 0 Å². The number of rotatable bonds is 7. The average Bonchev–Trinajstić information content (AvgIpc) is 3.04. The van der Waals surface area contributed by atoms with Gasteiger partial charge < -0.3 is 15.0 Å². The summed E-state index contributed by atoms with van der Waals surface area (Å²) in [7, 11) is -3.04. The summed E-state index contributed by atoms with van der Waals surface area (Å²) < 4.78 is 29.5. The molecule has 0 aromatic heterocycles. The van der Waals surface area contributed by atoms with Crippen molar-refractivity contribution in [2.45, 2.75) is 64.5 Å². The summed E-state index contributed by atoms with van der Waals surface area (Å²) in [6, 6.07) is 0. The van der Waals surface area contributed by atoms with Crippen molar-refractivity contribution in [3.8, 4) is 0 Å². The van der Waals surface area contributed by atoms with E-state index >= 15 is 0 Å². The molecule has 2 aliphatic rings. The molecule has 26 heavy (non-hydrogen) atoms. The predicted molar refractivity (Wildman–Crippen MR) is 107 cm³/mol. The Morgan fingerprint density at radius 2 is 1.92 bits per heavy atom. The van der Waals surface area contributed by atoms with Gasteiger partial charge in [-0.15, -0.1) is 0 Å². The second-order valence-electron chi connectivity index (χ2n) is 8.32. The Morgan fingerprint density at radius 3 is 2.50 bits per heavy atom. The van der Waals surface area contributed by atoms with Crippen LogP contribution >= 0.6 is 0 Å². The zero-order chi connectivity index (χ0) is 19.3. The van der Waals surface area contributed by atoms with Gasteiger partial charge in [-0.05, 0) is 52.4 Å². The van der Waals surface area contributed by atoms with E-state index in [0.29, 0.717) is 13.1 Å². The maximum Gasteiger partial charge on any atom is 0.194 e. The molecule has 0 aromatic rings. The molecule has 1 aliphatic heterocycles. The Balaban J connectivity index is 2.10. The zero-order valence-corrected chi connectivity index (χ0v) is 17.8. The van der Waals surface area contributed by atoms with Gasteiger partial charge in [0.05, 0.1) is 10.5 Å². The molecule has 1 aliphatic carbocycles. The molecule has 152 valence electrons. The molecular weight excluding hydrogens is 350 g/mol. The maximum absolute atomic E-state index is 12.3. The second-order valence-corrected chi connectivity index (χ2v) is 11.1. The third-order valence-corrected chi connectivity index (χ3v) is 8.42. The summed E-state index contributed by atoms with van der Waals surface area (Å²) in [5.74, 6) is 1.05. The molecule has 0 amide bonds. The quantitative estimate of drug-likeness (QED) is 0.413. The van der Waals surface area contributed by atoms with Gasteiger partial charge in [0.15, 0.2) is 15.8 Å². The summed E-state index contributed by atoms with van der Waals surface area (Å²) >= 11 is 0. The minimum absolute atomic E-state index is 0.194. The molecule has 0 radical (unpaired) electrons. The van der Waals surface area contributed by atoms with Crippen LogP contribution in [-0.2, 0) is 14.6 Å². The SMILES string of the molecule is CCNC(=NCC1(CCOCC)CCCC1)N1CCS(=O)(=O)C(C)(C)C1. The fraction of sp³-hybridized carbons (Fsp3) is 0.947. The van der Waals surface area contributed by atoms with Crippen LogP contribution in [0.1, 0.15) is 59.8 Å². The van der Waals surface area contributed by atoms with Crippen molar-refractivity contribution in [2.75, 3.05) is 45.1 Å². The van der Waals surface area contributed by atoms with E-state index in [0.717, 1.165) is 38.7 Å². The highest BCUT2D eigenvalue weighted by Crippen LogP contribution is 2.41. The first-order valence-electron chi connectivity index (χ1n) is 10.1. The fourth-order valence-corrected chi connectivity index (χ4v) is 5.40. The molecule has 2 rings (SSSR count). The lowest BCUT2D eigenvalue weighted by atomic mass is 9.83. The van der Waals surface area contributed by atoms with Crippen LogP contribution in [0.3, 0.4) is 0 Å². The molecule has 0 spiro atoms. The molecule has 1 saturated heterocycles. The van der Waals surface area contributed by atoms with E-state index in [1.807, 2.05) is 20.8 Å². The van der Waals surface area contributed by atoms with E-state index in [-0.39, 0.29) is 11.2 Å². The Kier molecular flexibility index (Phi) is 7.36. The van der Waals surface area contributed by atoms with E-state index in [2.05, 4.69) is 17.1 Å². The van der Waals surface area contributed by atoms with Crippen LogP contribution in [0.2, 0.25) is 0 Å². The van der Waals surface area contributed by atoms with Crippen molar-refractivity contribution in [2.24, 2.45) is 10.4 Å². The van der Waals surface area contributed by atoms with Gasteiger partial charge >= 0.3 is 0 Å². The van der Waals surface area contributed by atoms with Crippen LogP contribution < -0.4 is 5.32 Å². The van der Waals surface area contributed by atoms with Gasteiger partial charge in [0.2, 0.25) is 0 Å². The number of hydrogen-bond donors (Lipinski definition) is 1. The topological polar surface area (TPSA) is 71.0 Å². The van der Waals surface area contributed by atoms with Crippen LogP contribution in [0, 0.1) is 5.41 Å². The van der Waals surface area contributed by atoms with Crippen LogP contribution in [0.25, 0.3) is 0 Å². The molecule has 6 nitrogen and oxygen atoms in total. The van der Waals surface area contributed by atoms with Gasteiger partial charge in [-0.3, -0.25) is 4.99 Å². The van der Waals surface area contributed by atoms with Crippen molar-refractivity contribution in [3.63, 3.8) is 0 Å². The van der Waals surface area contributed by atoms with Gasteiger partial charge in [-0.2, -0.15) is 0 Å². The van der Waals surface area contributed by atoms with Crippen molar-refractivity contribution >= 4 is 15.8 Å². The van der Waals surface area contributed by atoms with Gasteiger partial charge in [0.1, 0.15) is 0 Å². The second kappa shape index (κ2) is 8.91. The normalized spacial score (nSPS) is 24.6. The van der Waals surface area contributed by atoms with Crippen molar-refractivity contribution in [3.05, 3.63) is 0 Å². The van der Waals surface area contributed by atoms with E-state index in [1.54, 1.807) is 0 Å². The minimum atomic E-state index is -3.04. The van der Waals surface area contributed by atoms with Crippen LogP contribution in [0.15, 0.2) is 4.99 Å². The summed E-state index contributed by atoms with van der Waals surface area (Å²) in [6.07, 6.45) is 6.02. The predicted octanol–water partition coefficient (Wildman–Crippen LogP) is 2.45. The van der Waals surface area contributed by atoms with Gasteiger partial charge in [-0.1, -0.05) is 12.8 Å². The lowest BCUT2D eigenvalue weighted by Gasteiger charge is -2.39. The van der Waals surface area contributed by atoms with Crippen LogP contribution in [-0.4, -0.2) is 69.2 Å². The highest BCUT2D eigenvalue weighted by Gasteiger charge is 2.41. The Bertz CT molecular complexity index is 581. The molecule has 0 atom stereocenters. The summed E-state index contributed by atoms with van der Waals surface area (Å²) in [5.41, 5.74) is 0.243. The summed E-state index contributed by atoms with van der Waals surface area (Å²) in [5, 5.41) is 3.38. The zero-order valence-electron chi connectivity index (χ0n) is 17.0. The van der Waals surface area contributed by atoms with E-state index < -0.39 is 14.6 Å². The molecule has 0 aromatic carbocycles. The molecule has 0 bridgehead atoms.